The maximum absolute atomic E-state index is 6.20. The summed E-state index contributed by atoms with van der Waals surface area (Å²) >= 11 is 0. The lowest BCUT2D eigenvalue weighted by Gasteiger charge is -2.14. The van der Waals surface area contributed by atoms with Crippen molar-refractivity contribution in [2.45, 2.75) is 25.7 Å². The van der Waals surface area contributed by atoms with Crippen LogP contribution < -0.4 is 17.0 Å². The van der Waals surface area contributed by atoms with Gasteiger partial charge >= 0.3 is 0 Å². The van der Waals surface area contributed by atoms with Crippen LogP contribution in [0.5, 0.6) is 0 Å². The summed E-state index contributed by atoms with van der Waals surface area (Å²) in [4.78, 5) is 0. The molecule has 3 aliphatic rings. The normalized spacial score (nSPS) is 14.4. The molecule has 1 aromatic carbocycles. The van der Waals surface area contributed by atoms with E-state index in [4.69, 9.17) is 4.42 Å². The molecule has 4 rings (SSSR count). The van der Waals surface area contributed by atoms with Crippen molar-refractivity contribution >= 4 is 10.9 Å². The minimum absolute atomic E-state index is 0. The first kappa shape index (κ1) is 12.5. The number of aromatic nitrogens is 1. The molecule has 2 heterocycles. The smallest absolute Gasteiger partial charge is 0.249 e. The Labute approximate surface area is 118 Å². The largest absolute Gasteiger partial charge is 1.00 e. The van der Waals surface area contributed by atoms with Crippen molar-refractivity contribution in [2.75, 3.05) is 0 Å². The number of nitrogens with zero attached hydrogens (tertiary/aromatic N) is 1. The van der Waals surface area contributed by atoms with E-state index >= 15 is 0 Å². The van der Waals surface area contributed by atoms with Gasteiger partial charge in [0.15, 0.2) is 0 Å². The Bertz CT molecular complexity index is 716. The number of halogens is 1. The van der Waals surface area contributed by atoms with Crippen LogP contribution in [0.1, 0.15) is 24.2 Å². The standard InChI is InChI=1S/C16H16NO.ClH/c1-17-13-8-4-3-7-12(13)16-14(17)10-11-6-2-5-9-15(11)18-16;/h3-4,7-8,10H,2,5-6,9H2,1H3;1H/q+1;/p-1. The van der Waals surface area contributed by atoms with Gasteiger partial charge in [-0.1, -0.05) is 12.1 Å². The van der Waals surface area contributed by atoms with E-state index in [2.05, 4.69) is 41.9 Å². The van der Waals surface area contributed by atoms with E-state index in [9.17, 15) is 0 Å². The second-order valence-electron chi connectivity index (χ2n) is 5.19. The first-order valence-electron chi connectivity index (χ1n) is 6.66. The third-order valence-electron chi connectivity index (χ3n) is 4.10. The molecule has 0 aromatic heterocycles. The summed E-state index contributed by atoms with van der Waals surface area (Å²) in [5, 5.41) is 1.23. The van der Waals surface area contributed by atoms with E-state index in [0.29, 0.717) is 0 Å². The molecule has 0 N–H and O–H groups in total. The summed E-state index contributed by atoms with van der Waals surface area (Å²) in [5.74, 6) is 2.25. The fraction of sp³-hybridized carbons (Fsp3) is 0.312. The van der Waals surface area contributed by atoms with E-state index in [1.807, 2.05) is 0 Å². The van der Waals surface area contributed by atoms with Crippen LogP contribution in [0.25, 0.3) is 22.4 Å². The van der Waals surface area contributed by atoms with Crippen molar-refractivity contribution < 1.29 is 21.4 Å². The molecule has 0 amide bonds. The van der Waals surface area contributed by atoms with Gasteiger partial charge in [0.05, 0.1) is 5.39 Å². The maximum atomic E-state index is 6.20. The van der Waals surface area contributed by atoms with Gasteiger partial charge < -0.3 is 16.8 Å². The van der Waals surface area contributed by atoms with Gasteiger partial charge in [0.2, 0.25) is 17.0 Å². The highest BCUT2D eigenvalue weighted by Crippen LogP contribution is 2.34. The number of hydrogen-bond donors (Lipinski definition) is 0. The number of fused-ring (bicyclic) bond motifs is 4. The van der Waals surface area contributed by atoms with Crippen molar-refractivity contribution in [1.82, 2.24) is 0 Å². The summed E-state index contributed by atoms with van der Waals surface area (Å²) in [6.07, 6.45) is 4.80. The van der Waals surface area contributed by atoms with Gasteiger partial charge in [-0.3, -0.25) is 0 Å². The molecule has 3 heteroatoms. The number of aryl methyl sites for hydroxylation is 3. The van der Waals surface area contributed by atoms with Gasteiger partial charge in [0.25, 0.3) is 0 Å². The summed E-state index contributed by atoms with van der Waals surface area (Å²) in [6.45, 7) is 0. The topological polar surface area (TPSA) is 17.0 Å². The Morgan fingerprint density at radius 1 is 1.11 bits per heavy atom. The average Bonchev–Trinajstić information content (AvgIpc) is 2.71. The molecular formula is C16H16ClNO. The number of hydrogen-bond acceptors (Lipinski definition) is 1. The number of rotatable bonds is 0. The van der Waals surface area contributed by atoms with E-state index in [0.717, 1.165) is 18.6 Å². The van der Waals surface area contributed by atoms with Crippen LogP contribution in [0, 0.1) is 0 Å². The van der Waals surface area contributed by atoms with Crippen molar-refractivity contribution in [3.8, 4) is 11.5 Å². The van der Waals surface area contributed by atoms with Crippen LogP contribution in [0.2, 0.25) is 0 Å². The molecule has 0 atom stereocenters. The lowest BCUT2D eigenvalue weighted by atomic mass is 9.96. The molecule has 0 bridgehead atoms. The quantitative estimate of drug-likeness (QED) is 0.537. The highest BCUT2D eigenvalue weighted by molar-refractivity contribution is 5.90. The van der Waals surface area contributed by atoms with Gasteiger partial charge in [0.1, 0.15) is 12.8 Å². The predicted octanol–water partition coefficient (Wildman–Crippen LogP) is 0.245. The molecule has 98 valence electrons. The predicted molar refractivity (Wildman–Crippen MR) is 70.7 cm³/mol. The third kappa shape index (κ3) is 1.74. The first-order valence-corrected chi connectivity index (χ1v) is 6.66. The van der Waals surface area contributed by atoms with Crippen LogP contribution in [-0.4, -0.2) is 0 Å². The fourth-order valence-electron chi connectivity index (χ4n) is 3.11. The van der Waals surface area contributed by atoms with Gasteiger partial charge in [-0.15, -0.1) is 0 Å². The first-order chi connectivity index (χ1) is 8.84. The van der Waals surface area contributed by atoms with Crippen molar-refractivity contribution in [3.63, 3.8) is 0 Å². The highest BCUT2D eigenvalue weighted by atomic mass is 35.5. The van der Waals surface area contributed by atoms with Crippen LogP contribution >= 0.6 is 0 Å². The molecule has 1 aromatic rings. The molecular weight excluding hydrogens is 258 g/mol. The molecule has 2 nitrogen and oxygen atoms in total. The van der Waals surface area contributed by atoms with Crippen LogP contribution in [0.3, 0.4) is 0 Å². The van der Waals surface area contributed by atoms with Gasteiger partial charge in [-0.2, -0.15) is 4.57 Å². The van der Waals surface area contributed by atoms with Crippen molar-refractivity contribution in [3.05, 3.63) is 41.7 Å². The van der Waals surface area contributed by atoms with E-state index < -0.39 is 0 Å². The Hall–Kier alpha value is -1.54. The second kappa shape index (κ2) is 4.53. The van der Waals surface area contributed by atoms with Gasteiger partial charge in [0, 0.05) is 18.6 Å². The lowest BCUT2D eigenvalue weighted by Crippen LogP contribution is -3.00. The Kier molecular flexibility index (Phi) is 2.98. The zero-order valence-corrected chi connectivity index (χ0v) is 11.7. The van der Waals surface area contributed by atoms with Gasteiger partial charge in [-0.05, 0) is 30.9 Å². The molecule has 0 fully saturated rings. The second-order valence-corrected chi connectivity index (χ2v) is 5.19. The Morgan fingerprint density at radius 3 is 2.79 bits per heavy atom. The zero-order valence-electron chi connectivity index (χ0n) is 10.9. The SMILES string of the molecule is C[n+]1c2cc3c(oc-2c2ccccc21)CCCC3.[Cl-]. The van der Waals surface area contributed by atoms with E-state index in [1.165, 1.54) is 40.8 Å². The summed E-state index contributed by atoms with van der Waals surface area (Å²) in [7, 11) is 2.12. The Balaban J connectivity index is 0.00000110. The van der Waals surface area contributed by atoms with Crippen LogP contribution in [0.15, 0.2) is 34.7 Å². The number of benzene rings is 1. The van der Waals surface area contributed by atoms with Crippen LogP contribution in [0.4, 0.5) is 0 Å². The molecule has 1 aliphatic carbocycles. The van der Waals surface area contributed by atoms with Crippen molar-refractivity contribution in [2.24, 2.45) is 7.05 Å². The maximum Gasteiger partial charge on any atom is 0.249 e. The van der Waals surface area contributed by atoms with Crippen LogP contribution in [-0.2, 0) is 19.9 Å². The summed E-state index contributed by atoms with van der Waals surface area (Å²) < 4.78 is 8.44. The monoisotopic (exact) mass is 273 g/mol. The lowest BCUT2D eigenvalue weighted by molar-refractivity contribution is -0.631. The molecule has 2 aliphatic heterocycles. The molecule has 19 heavy (non-hydrogen) atoms. The fourth-order valence-corrected chi connectivity index (χ4v) is 3.11. The average molecular weight is 274 g/mol. The molecule has 0 radical (unpaired) electrons. The van der Waals surface area contributed by atoms with E-state index in [1.54, 1.807) is 0 Å². The van der Waals surface area contributed by atoms with E-state index in [-0.39, 0.29) is 12.4 Å². The minimum atomic E-state index is 0. The Morgan fingerprint density at radius 2 is 1.89 bits per heavy atom. The molecule has 0 saturated heterocycles. The van der Waals surface area contributed by atoms with Gasteiger partial charge in [-0.25, -0.2) is 0 Å². The molecule has 0 saturated carbocycles. The summed E-state index contributed by atoms with van der Waals surface area (Å²) in [6, 6.07) is 10.8. The molecule has 0 spiro atoms. The molecule has 0 unspecified atom stereocenters. The zero-order chi connectivity index (χ0) is 12.1. The number of para-hydroxylation sites is 1. The van der Waals surface area contributed by atoms with Crippen molar-refractivity contribution in [1.29, 1.82) is 0 Å². The minimum Gasteiger partial charge on any atom is -1.00 e. The third-order valence-corrected chi connectivity index (χ3v) is 4.10. The highest BCUT2D eigenvalue weighted by Gasteiger charge is 2.28. The summed E-state index contributed by atoms with van der Waals surface area (Å²) in [5.41, 5.74) is 3.87.